The molecule has 4 aromatic rings. The Morgan fingerprint density at radius 2 is 1.81 bits per heavy atom. The van der Waals surface area contributed by atoms with Gasteiger partial charge in [-0.15, -0.1) is 11.3 Å². The van der Waals surface area contributed by atoms with E-state index in [0.717, 1.165) is 10.5 Å². The van der Waals surface area contributed by atoms with Crippen molar-refractivity contribution >= 4 is 68.8 Å². The van der Waals surface area contributed by atoms with Gasteiger partial charge in [0.2, 0.25) is 0 Å². The highest BCUT2D eigenvalue weighted by atomic mass is 35.5. The van der Waals surface area contributed by atoms with Gasteiger partial charge in [0.25, 0.3) is 11.8 Å². The van der Waals surface area contributed by atoms with Gasteiger partial charge in [-0.3, -0.25) is 24.2 Å². The second-order valence-corrected chi connectivity index (χ2v) is 8.40. The van der Waals surface area contributed by atoms with E-state index in [1.165, 1.54) is 16.2 Å². The number of imidazole rings is 1. The Morgan fingerprint density at radius 1 is 1.06 bits per heavy atom. The first kappa shape index (κ1) is 19.6. The number of thiocarbonyl (C=S) groups is 1. The predicted molar refractivity (Wildman–Crippen MR) is 126 cm³/mol. The minimum Gasteiger partial charge on any atom is -0.298 e. The van der Waals surface area contributed by atoms with E-state index < -0.39 is 11.8 Å². The van der Waals surface area contributed by atoms with Crippen LogP contribution in [-0.4, -0.2) is 26.3 Å². The first-order chi connectivity index (χ1) is 15.0. The molecule has 1 saturated heterocycles. The number of amides is 2. The van der Waals surface area contributed by atoms with Crippen LogP contribution in [0.1, 0.15) is 5.69 Å². The number of thiazole rings is 1. The van der Waals surface area contributed by atoms with E-state index in [1.54, 1.807) is 30.3 Å². The highest BCUT2D eigenvalue weighted by molar-refractivity contribution is 7.80. The van der Waals surface area contributed by atoms with E-state index in [-0.39, 0.29) is 10.7 Å². The first-order valence-corrected chi connectivity index (χ1v) is 10.9. The Bertz CT molecular complexity index is 1370. The molecule has 0 saturated carbocycles. The lowest BCUT2D eigenvalue weighted by molar-refractivity contribution is -0.122. The lowest BCUT2D eigenvalue weighted by Gasteiger charge is -2.28. The van der Waals surface area contributed by atoms with Crippen LogP contribution in [0.2, 0.25) is 5.02 Å². The zero-order valence-electron chi connectivity index (χ0n) is 15.8. The molecular weight excluding hydrogens is 452 g/mol. The summed E-state index contributed by atoms with van der Waals surface area (Å²) in [7, 11) is 0. The molecule has 1 aliphatic heterocycles. The average Bonchev–Trinajstić information content (AvgIpc) is 3.35. The topological polar surface area (TPSA) is 66.7 Å². The molecule has 31 heavy (non-hydrogen) atoms. The lowest BCUT2D eigenvalue weighted by Crippen LogP contribution is -2.54. The van der Waals surface area contributed by atoms with Gasteiger partial charge in [-0.1, -0.05) is 41.9 Å². The van der Waals surface area contributed by atoms with Crippen LogP contribution in [0.25, 0.3) is 22.3 Å². The Hall–Kier alpha value is -3.33. The van der Waals surface area contributed by atoms with E-state index in [2.05, 4.69) is 5.32 Å². The van der Waals surface area contributed by atoms with Crippen molar-refractivity contribution in [3.05, 3.63) is 82.5 Å². The van der Waals surface area contributed by atoms with Crippen molar-refractivity contribution in [1.29, 1.82) is 0 Å². The molecule has 1 fully saturated rings. The maximum atomic E-state index is 13.3. The lowest BCUT2D eigenvalue weighted by atomic mass is 10.1. The average molecular weight is 465 g/mol. The summed E-state index contributed by atoms with van der Waals surface area (Å²) in [5, 5.41) is 5.06. The number of fused-ring (bicyclic) bond motifs is 1. The van der Waals surface area contributed by atoms with Crippen LogP contribution in [0.4, 0.5) is 5.69 Å². The van der Waals surface area contributed by atoms with Gasteiger partial charge in [0, 0.05) is 22.2 Å². The molecule has 152 valence electrons. The normalized spacial score (nSPS) is 15.7. The van der Waals surface area contributed by atoms with Crippen molar-refractivity contribution in [2.45, 2.75) is 0 Å². The van der Waals surface area contributed by atoms with Gasteiger partial charge in [-0.2, -0.15) is 0 Å². The van der Waals surface area contributed by atoms with Gasteiger partial charge in [0.1, 0.15) is 5.57 Å². The summed E-state index contributed by atoms with van der Waals surface area (Å²) in [6.45, 7) is 0. The molecule has 0 atom stereocenters. The van der Waals surface area contributed by atoms with Gasteiger partial charge in [-0.25, -0.2) is 4.98 Å². The van der Waals surface area contributed by atoms with Crippen LogP contribution in [0.5, 0.6) is 0 Å². The van der Waals surface area contributed by atoms with Gasteiger partial charge in [-0.05, 0) is 42.6 Å². The van der Waals surface area contributed by atoms with E-state index in [4.69, 9.17) is 28.8 Å². The van der Waals surface area contributed by atoms with Crippen LogP contribution in [0.3, 0.4) is 0 Å². The number of aromatic nitrogens is 2. The molecule has 2 amide bonds. The molecule has 2 aromatic carbocycles. The van der Waals surface area contributed by atoms with Gasteiger partial charge in [0.05, 0.1) is 17.1 Å². The molecule has 0 aliphatic carbocycles. The Morgan fingerprint density at radius 3 is 2.55 bits per heavy atom. The molecule has 0 radical (unpaired) electrons. The molecule has 5 rings (SSSR count). The monoisotopic (exact) mass is 464 g/mol. The zero-order valence-corrected chi connectivity index (χ0v) is 18.2. The molecule has 1 N–H and O–H groups in total. The third-order valence-corrected chi connectivity index (χ3v) is 6.11. The number of rotatable bonds is 3. The van der Waals surface area contributed by atoms with Crippen molar-refractivity contribution in [2.75, 3.05) is 4.90 Å². The summed E-state index contributed by atoms with van der Waals surface area (Å²) >= 11 is 12.7. The number of nitrogens with one attached hydrogen (secondary N) is 1. The van der Waals surface area contributed by atoms with Crippen molar-refractivity contribution in [1.82, 2.24) is 14.7 Å². The second-order valence-electron chi connectivity index (χ2n) is 6.70. The molecule has 2 aromatic heterocycles. The maximum absolute atomic E-state index is 13.3. The zero-order chi connectivity index (χ0) is 21.5. The number of anilines is 1. The summed E-state index contributed by atoms with van der Waals surface area (Å²) in [4.78, 5) is 32.8. The Labute approximate surface area is 191 Å². The minimum atomic E-state index is -0.551. The SMILES string of the molecule is O=C1NC(=S)N(c2ccc(Cl)cc2)C(=O)C1=Cc1c(-c2ccccc2)nc2sccn12. The van der Waals surface area contributed by atoms with E-state index in [9.17, 15) is 9.59 Å². The third kappa shape index (κ3) is 3.44. The first-order valence-electron chi connectivity index (χ1n) is 9.21. The van der Waals surface area contributed by atoms with Crippen molar-refractivity contribution in [3.63, 3.8) is 0 Å². The summed E-state index contributed by atoms with van der Waals surface area (Å²) in [6, 6.07) is 16.3. The van der Waals surface area contributed by atoms with Crippen molar-refractivity contribution in [3.8, 4) is 11.3 Å². The van der Waals surface area contributed by atoms with Crippen molar-refractivity contribution in [2.24, 2.45) is 0 Å². The standard InChI is InChI=1S/C22H13ClN4O2S2/c23-14-6-8-15(9-7-14)27-20(29)16(19(28)25-21(27)30)12-17-18(13-4-2-1-3-5-13)24-22-26(17)10-11-31-22/h1-12H,(H,25,28,30). The van der Waals surface area contributed by atoms with Gasteiger partial charge < -0.3 is 0 Å². The predicted octanol–water partition coefficient (Wildman–Crippen LogP) is 4.55. The molecule has 3 heterocycles. The number of hydrogen-bond donors (Lipinski definition) is 1. The minimum absolute atomic E-state index is 0.0201. The van der Waals surface area contributed by atoms with E-state index >= 15 is 0 Å². The fraction of sp³-hybridized carbons (Fsp3) is 0. The summed E-state index contributed by atoms with van der Waals surface area (Å²) in [5.41, 5.74) is 2.70. The Kier molecular flexibility index (Phi) is 4.90. The molecule has 1 aliphatic rings. The Balaban J connectivity index is 1.65. The summed E-state index contributed by atoms with van der Waals surface area (Å²) in [6.07, 6.45) is 3.43. The largest absolute Gasteiger partial charge is 0.298 e. The quantitative estimate of drug-likeness (QED) is 0.274. The van der Waals surface area contributed by atoms with Crippen molar-refractivity contribution < 1.29 is 9.59 Å². The smallest absolute Gasteiger partial charge is 0.270 e. The van der Waals surface area contributed by atoms with Crippen LogP contribution >= 0.6 is 35.2 Å². The number of carbonyl (C=O) groups excluding carboxylic acids is 2. The molecule has 6 nitrogen and oxygen atoms in total. The van der Waals surface area contributed by atoms with Crippen LogP contribution in [-0.2, 0) is 9.59 Å². The third-order valence-electron chi connectivity index (χ3n) is 4.81. The maximum Gasteiger partial charge on any atom is 0.270 e. The van der Waals surface area contributed by atoms with Crippen LogP contribution < -0.4 is 10.2 Å². The fourth-order valence-electron chi connectivity index (χ4n) is 3.37. The number of carbonyl (C=O) groups is 2. The molecular formula is C22H13ClN4O2S2. The van der Waals surface area contributed by atoms with Crippen LogP contribution in [0.15, 0.2) is 71.7 Å². The molecule has 0 unspecified atom stereocenters. The number of halogens is 1. The molecule has 0 bridgehead atoms. The highest BCUT2D eigenvalue weighted by Crippen LogP contribution is 2.30. The van der Waals surface area contributed by atoms with Crippen LogP contribution in [0, 0.1) is 0 Å². The second kappa shape index (κ2) is 7.73. The number of nitrogens with zero attached hydrogens (tertiary/aromatic N) is 3. The molecule has 9 heteroatoms. The number of benzene rings is 2. The summed E-state index contributed by atoms with van der Waals surface area (Å²) < 4.78 is 1.86. The fourth-order valence-corrected chi connectivity index (χ4v) is 4.50. The van der Waals surface area contributed by atoms with E-state index in [0.29, 0.717) is 22.1 Å². The van der Waals surface area contributed by atoms with Gasteiger partial charge in [0.15, 0.2) is 10.1 Å². The summed E-state index contributed by atoms with van der Waals surface area (Å²) in [5.74, 6) is -1.07. The van der Waals surface area contributed by atoms with Gasteiger partial charge >= 0.3 is 0 Å². The highest BCUT2D eigenvalue weighted by Gasteiger charge is 2.35. The number of hydrogen-bond acceptors (Lipinski definition) is 5. The molecule has 0 spiro atoms. The van der Waals surface area contributed by atoms with E-state index in [1.807, 2.05) is 46.3 Å².